The summed E-state index contributed by atoms with van der Waals surface area (Å²) >= 11 is 0. The molecule has 0 radical (unpaired) electrons. The van der Waals surface area contributed by atoms with E-state index in [-0.39, 0.29) is 5.75 Å². The zero-order valence-corrected chi connectivity index (χ0v) is 12.3. The van der Waals surface area contributed by atoms with Gasteiger partial charge in [0.25, 0.3) is 0 Å². The quantitative estimate of drug-likeness (QED) is 0.696. The van der Waals surface area contributed by atoms with E-state index in [2.05, 4.69) is 10.2 Å². The molecule has 0 bridgehead atoms. The minimum Gasteiger partial charge on any atom is -0.506 e. The van der Waals surface area contributed by atoms with Gasteiger partial charge in [0.2, 0.25) is 0 Å². The van der Waals surface area contributed by atoms with Crippen molar-refractivity contribution in [3.8, 4) is 17.2 Å². The lowest BCUT2D eigenvalue weighted by atomic mass is 10.1. The number of ether oxygens (including phenoxy) is 2. The van der Waals surface area contributed by atoms with Gasteiger partial charge in [0.15, 0.2) is 11.5 Å². The molecule has 5 heteroatoms. The van der Waals surface area contributed by atoms with Gasteiger partial charge in [-0.1, -0.05) is 30.3 Å². The lowest BCUT2D eigenvalue weighted by Gasteiger charge is -2.17. The summed E-state index contributed by atoms with van der Waals surface area (Å²) in [6.07, 6.45) is 0. The molecule has 1 N–H and O–H groups in total. The number of aromatic hydroxyl groups is 1. The Morgan fingerprint density at radius 3 is 2.57 bits per heavy atom. The number of phenols is 1. The molecular formula is C18H14N2O3. The number of azo groups is 1. The third-order valence-electron chi connectivity index (χ3n) is 3.67. The Morgan fingerprint density at radius 1 is 0.826 bits per heavy atom. The fraction of sp³-hybridized carbons (Fsp3) is 0.111. The van der Waals surface area contributed by atoms with Gasteiger partial charge in [0.05, 0.1) is 5.69 Å². The van der Waals surface area contributed by atoms with Crippen molar-refractivity contribution in [3.63, 3.8) is 0 Å². The molecule has 0 amide bonds. The van der Waals surface area contributed by atoms with Gasteiger partial charge in [-0.3, -0.25) is 0 Å². The highest BCUT2D eigenvalue weighted by molar-refractivity contribution is 5.95. The standard InChI is InChI=1S/C18H14N2O3/c21-15-7-5-12-3-1-2-4-14(12)18(15)20-19-13-6-8-16-17(11-13)23-10-9-22-16/h1-8,11,21H,9-10H2. The number of fused-ring (bicyclic) bond motifs is 2. The third-order valence-corrected chi connectivity index (χ3v) is 3.67. The minimum absolute atomic E-state index is 0.102. The Kier molecular flexibility index (Phi) is 3.31. The number of hydrogen-bond acceptors (Lipinski definition) is 5. The van der Waals surface area contributed by atoms with Crippen LogP contribution in [0.3, 0.4) is 0 Å². The molecule has 3 aromatic rings. The number of nitrogens with zero attached hydrogens (tertiary/aromatic N) is 2. The van der Waals surface area contributed by atoms with Crippen LogP contribution in [0.5, 0.6) is 17.2 Å². The molecule has 114 valence electrons. The van der Waals surface area contributed by atoms with Gasteiger partial charge in [-0.05, 0) is 23.6 Å². The second-order valence-electron chi connectivity index (χ2n) is 5.18. The maximum absolute atomic E-state index is 10.1. The van der Waals surface area contributed by atoms with Crippen LogP contribution in [0.25, 0.3) is 10.8 Å². The van der Waals surface area contributed by atoms with Gasteiger partial charge in [0.1, 0.15) is 24.7 Å². The average molecular weight is 306 g/mol. The number of rotatable bonds is 2. The van der Waals surface area contributed by atoms with Crippen molar-refractivity contribution in [2.24, 2.45) is 10.2 Å². The van der Waals surface area contributed by atoms with E-state index in [1.165, 1.54) is 0 Å². The monoisotopic (exact) mass is 306 g/mol. The van der Waals surface area contributed by atoms with E-state index in [1.54, 1.807) is 18.2 Å². The summed E-state index contributed by atoms with van der Waals surface area (Å²) in [5, 5.41) is 20.4. The van der Waals surface area contributed by atoms with Crippen LogP contribution in [0.15, 0.2) is 64.8 Å². The van der Waals surface area contributed by atoms with Crippen LogP contribution in [-0.4, -0.2) is 18.3 Å². The Morgan fingerprint density at radius 2 is 1.65 bits per heavy atom. The molecule has 0 unspecified atom stereocenters. The van der Waals surface area contributed by atoms with Crippen LogP contribution in [-0.2, 0) is 0 Å². The summed E-state index contributed by atoms with van der Waals surface area (Å²) in [5.41, 5.74) is 1.10. The summed E-state index contributed by atoms with van der Waals surface area (Å²) in [4.78, 5) is 0. The zero-order chi connectivity index (χ0) is 15.6. The molecular weight excluding hydrogens is 292 g/mol. The topological polar surface area (TPSA) is 63.4 Å². The van der Waals surface area contributed by atoms with E-state index in [9.17, 15) is 5.11 Å². The van der Waals surface area contributed by atoms with E-state index in [0.717, 1.165) is 10.8 Å². The van der Waals surface area contributed by atoms with E-state index < -0.39 is 0 Å². The van der Waals surface area contributed by atoms with Crippen LogP contribution >= 0.6 is 0 Å². The summed E-state index contributed by atoms with van der Waals surface area (Å²) in [7, 11) is 0. The predicted molar refractivity (Wildman–Crippen MR) is 87.2 cm³/mol. The molecule has 4 rings (SSSR count). The van der Waals surface area contributed by atoms with Gasteiger partial charge in [0, 0.05) is 11.5 Å². The van der Waals surface area contributed by atoms with Crippen molar-refractivity contribution >= 4 is 22.1 Å². The lowest BCUT2D eigenvalue weighted by molar-refractivity contribution is 0.171. The maximum Gasteiger partial charge on any atom is 0.163 e. The molecule has 1 heterocycles. The largest absolute Gasteiger partial charge is 0.506 e. The van der Waals surface area contributed by atoms with Crippen molar-refractivity contribution in [1.82, 2.24) is 0 Å². The molecule has 0 atom stereocenters. The van der Waals surface area contributed by atoms with Gasteiger partial charge in [-0.2, -0.15) is 5.11 Å². The lowest BCUT2D eigenvalue weighted by Crippen LogP contribution is -2.14. The summed E-state index contributed by atoms with van der Waals surface area (Å²) in [6.45, 7) is 1.08. The summed E-state index contributed by atoms with van der Waals surface area (Å²) < 4.78 is 11.0. The Labute approximate surface area is 132 Å². The van der Waals surface area contributed by atoms with E-state index in [0.29, 0.717) is 36.1 Å². The highest BCUT2D eigenvalue weighted by Crippen LogP contribution is 2.37. The first kappa shape index (κ1) is 13.6. The zero-order valence-electron chi connectivity index (χ0n) is 12.3. The number of benzene rings is 3. The second kappa shape index (κ2) is 5.61. The Bertz CT molecular complexity index is 906. The molecule has 0 saturated carbocycles. The Balaban J connectivity index is 1.73. The van der Waals surface area contributed by atoms with Gasteiger partial charge >= 0.3 is 0 Å². The average Bonchev–Trinajstić information content (AvgIpc) is 2.61. The van der Waals surface area contributed by atoms with Crippen molar-refractivity contribution in [3.05, 3.63) is 54.6 Å². The summed E-state index contributed by atoms with van der Waals surface area (Å²) in [5.74, 6) is 1.48. The highest BCUT2D eigenvalue weighted by atomic mass is 16.6. The van der Waals surface area contributed by atoms with Crippen LogP contribution in [0.4, 0.5) is 11.4 Å². The molecule has 5 nitrogen and oxygen atoms in total. The molecule has 0 spiro atoms. The van der Waals surface area contributed by atoms with Crippen molar-refractivity contribution < 1.29 is 14.6 Å². The SMILES string of the molecule is Oc1ccc2ccccc2c1N=Nc1ccc2c(c1)OCCO2. The second-order valence-corrected chi connectivity index (χ2v) is 5.18. The molecule has 0 saturated heterocycles. The molecule has 0 fully saturated rings. The van der Waals surface area contributed by atoms with Crippen molar-refractivity contribution in [2.75, 3.05) is 13.2 Å². The van der Waals surface area contributed by atoms with Gasteiger partial charge in [-0.25, -0.2) is 0 Å². The number of phenolic OH excluding ortho intramolecular Hbond substituents is 1. The van der Waals surface area contributed by atoms with Crippen LogP contribution in [0.1, 0.15) is 0 Å². The first-order valence-electron chi connectivity index (χ1n) is 7.33. The van der Waals surface area contributed by atoms with Gasteiger partial charge in [-0.15, -0.1) is 5.11 Å². The van der Waals surface area contributed by atoms with E-state index in [1.807, 2.05) is 36.4 Å². The van der Waals surface area contributed by atoms with E-state index >= 15 is 0 Å². The molecule has 23 heavy (non-hydrogen) atoms. The Hall–Kier alpha value is -3.08. The fourth-order valence-corrected chi connectivity index (χ4v) is 2.55. The van der Waals surface area contributed by atoms with Crippen molar-refractivity contribution in [1.29, 1.82) is 0 Å². The van der Waals surface area contributed by atoms with Crippen molar-refractivity contribution in [2.45, 2.75) is 0 Å². The van der Waals surface area contributed by atoms with E-state index in [4.69, 9.17) is 9.47 Å². The van der Waals surface area contributed by atoms with Gasteiger partial charge < -0.3 is 14.6 Å². The third kappa shape index (κ3) is 2.57. The molecule has 1 aliphatic heterocycles. The van der Waals surface area contributed by atoms with Crippen LogP contribution in [0, 0.1) is 0 Å². The minimum atomic E-state index is 0.102. The maximum atomic E-state index is 10.1. The fourth-order valence-electron chi connectivity index (χ4n) is 2.55. The first-order valence-corrected chi connectivity index (χ1v) is 7.33. The molecule has 3 aromatic carbocycles. The molecule has 0 aliphatic carbocycles. The predicted octanol–water partition coefficient (Wildman–Crippen LogP) is 4.73. The molecule has 0 aromatic heterocycles. The highest BCUT2D eigenvalue weighted by Gasteiger charge is 2.12. The number of hydrogen-bond donors (Lipinski definition) is 1. The van der Waals surface area contributed by atoms with Crippen LogP contribution < -0.4 is 9.47 Å². The smallest absolute Gasteiger partial charge is 0.163 e. The van der Waals surface area contributed by atoms with Crippen LogP contribution in [0.2, 0.25) is 0 Å². The normalized spacial score (nSPS) is 13.6. The summed E-state index contributed by atoms with van der Waals surface area (Å²) in [6, 6.07) is 16.6. The molecule has 1 aliphatic rings. The first-order chi connectivity index (χ1) is 11.3.